The molecule has 0 saturated carbocycles. The summed E-state index contributed by atoms with van der Waals surface area (Å²) in [6, 6.07) is 3.16. The summed E-state index contributed by atoms with van der Waals surface area (Å²) in [5.74, 6) is -2.73. The van der Waals surface area contributed by atoms with Crippen LogP contribution in [-0.4, -0.2) is 60.1 Å². The van der Waals surface area contributed by atoms with Gasteiger partial charge in [-0.1, -0.05) is 17.7 Å². The standard InChI is InChI=1S/C21H27N3O5/c1-10-8-11(2)16-13(9-10)21(20(28)22-16)15-14(17(23-21)12(3)25)18(26)24(19(15)27)6-5-7-29-4/h8-9,12,14-15,17,23,25H,5-7H2,1-4H3,(H,22,28)/t12-,14+,15+,17+,21+/m1/s1. The van der Waals surface area contributed by atoms with Crippen molar-refractivity contribution in [3.8, 4) is 0 Å². The Balaban J connectivity index is 1.84. The highest BCUT2D eigenvalue weighted by Gasteiger charge is 2.71. The van der Waals surface area contributed by atoms with Gasteiger partial charge < -0.3 is 15.2 Å². The van der Waals surface area contributed by atoms with Gasteiger partial charge in [-0.2, -0.15) is 0 Å². The molecule has 5 atom stereocenters. The topological polar surface area (TPSA) is 108 Å². The van der Waals surface area contributed by atoms with Crippen molar-refractivity contribution in [1.82, 2.24) is 10.2 Å². The van der Waals surface area contributed by atoms with Gasteiger partial charge in [0.1, 0.15) is 5.54 Å². The van der Waals surface area contributed by atoms with Gasteiger partial charge in [0.2, 0.25) is 17.7 Å². The van der Waals surface area contributed by atoms with Gasteiger partial charge in [0, 0.05) is 37.6 Å². The van der Waals surface area contributed by atoms with E-state index in [4.69, 9.17) is 4.74 Å². The van der Waals surface area contributed by atoms with Crippen LogP contribution in [0.3, 0.4) is 0 Å². The minimum Gasteiger partial charge on any atom is -0.392 e. The van der Waals surface area contributed by atoms with Crippen LogP contribution < -0.4 is 10.6 Å². The third kappa shape index (κ3) is 2.66. The predicted molar refractivity (Wildman–Crippen MR) is 105 cm³/mol. The molecule has 3 aliphatic rings. The lowest BCUT2D eigenvalue weighted by Crippen LogP contribution is -2.54. The maximum Gasteiger partial charge on any atom is 0.250 e. The Morgan fingerprint density at radius 1 is 1.24 bits per heavy atom. The Morgan fingerprint density at radius 2 is 1.97 bits per heavy atom. The highest BCUT2D eigenvalue weighted by atomic mass is 16.5. The van der Waals surface area contributed by atoms with Crippen molar-refractivity contribution in [2.24, 2.45) is 11.8 Å². The molecule has 3 N–H and O–H groups in total. The second-order valence-electron chi connectivity index (χ2n) is 8.36. The number of anilines is 1. The van der Waals surface area contributed by atoms with Crippen LogP contribution in [0.5, 0.6) is 0 Å². The lowest BCUT2D eigenvalue weighted by atomic mass is 9.75. The zero-order chi connectivity index (χ0) is 21.1. The molecule has 1 aromatic rings. The number of likely N-dealkylation sites (tertiary alicyclic amines) is 1. The quantitative estimate of drug-likeness (QED) is 0.488. The van der Waals surface area contributed by atoms with E-state index in [2.05, 4.69) is 10.6 Å². The molecule has 156 valence electrons. The van der Waals surface area contributed by atoms with E-state index in [-0.39, 0.29) is 24.3 Å². The number of amides is 3. The highest BCUT2D eigenvalue weighted by Crippen LogP contribution is 2.54. The van der Waals surface area contributed by atoms with Gasteiger partial charge in [-0.25, -0.2) is 0 Å². The van der Waals surface area contributed by atoms with Crippen LogP contribution in [0.2, 0.25) is 0 Å². The minimum absolute atomic E-state index is 0.239. The normalized spacial score (nSPS) is 31.4. The van der Waals surface area contributed by atoms with Crippen molar-refractivity contribution < 1.29 is 24.2 Å². The summed E-state index contributed by atoms with van der Waals surface area (Å²) in [6.45, 7) is 6.08. The van der Waals surface area contributed by atoms with Gasteiger partial charge in [-0.05, 0) is 32.8 Å². The van der Waals surface area contributed by atoms with Gasteiger partial charge in [0.05, 0.1) is 17.9 Å². The number of fused-ring (bicyclic) bond motifs is 4. The number of aliphatic hydroxyl groups excluding tert-OH is 1. The van der Waals surface area contributed by atoms with Crippen LogP contribution in [0.15, 0.2) is 12.1 Å². The van der Waals surface area contributed by atoms with Crippen LogP contribution >= 0.6 is 0 Å². The molecule has 1 aromatic carbocycles. The zero-order valence-electron chi connectivity index (χ0n) is 17.1. The molecular weight excluding hydrogens is 374 g/mol. The SMILES string of the molecule is COCCCN1C(=O)[C@@H]2[C@H]([C@@H](C)O)N[C@]3(C(=O)Nc4c(C)cc(C)cc43)[C@@H]2C1=O. The lowest BCUT2D eigenvalue weighted by Gasteiger charge is -2.30. The molecule has 8 nitrogen and oxygen atoms in total. The fourth-order valence-corrected chi connectivity index (χ4v) is 5.25. The number of benzene rings is 1. The summed E-state index contributed by atoms with van der Waals surface area (Å²) in [5, 5.41) is 16.5. The number of imide groups is 1. The van der Waals surface area contributed by atoms with E-state index in [9.17, 15) is 19.5 Å². The van der Waals surface area contributed by atoms with Crippen molar-refractivity contribution in [2.45, 2.75) is 44.9 Å². The molecule has 8 heteroatoms. The van der Waals surface area contributed by atoms with E-state index in [0.29, 0.717) is 24.3 Å². The van der Waals surface area contributed by atoms with Gasteiger partial charge in [-0.15, -0.1) is 0 Å². The molecule has 0 radical (unpaired) electrons. The monoisotopic (exact) mass is 401 g/mol. The first-order chi connectivity index (χ1) is 13.7. The van der Waals surface area contributed by atoms with Crippen LogP contribution in [0.25, 0.3) is 0 Å². The lowest BCUT2D eigenvalue weighted by molar-refractivity contribution is -0.143. The van der Waals surface area contributed by atoms with Gasteiger partial charge in [0.15, 0.2) is 0 Å². The Bertz CT molecular complexity index is 899. The molecule has 0 bridgehead atoms. The van der Waals surface area contributed by atoms with Gasteiger partial charge >= 0.3 is 0 Å². The second kappa shape index (κ2) is 6.90. The van der Waals surface area contributed by atoms with Crippen molar-refractivity contribution in [2.75, 3.05) is 25.6 Å². The van der Waals surface area contributed by atoms with Crippen LogP contribution in [-0.2, 0) is 24.7 Å². The summed E-state index contributed by atoms with van der Waals surface area (Å²) in [7, 11) is 1.56. The smallest absolute Gasteiger partial charge is 0.250 e. The summed E-state index contributed by atoms with van der Waals surface area (Å²) in [4.78, 5) is 41.1. The molecule has 3 heterocycles. The molecule has 1 spiro atoms. The summed E-state index contributed by atoms with van der Waals surface area (Å²) < 4.78 is 5.04. The number of hydrogen-bond donors (Lipinski definition) is 3. The largest absolute Gasteiger partial charge is 0.392 e. The molecular formula is C21H27N3O5. The first kappa shape index (κ1) is 20.0. The Kier molecular flexibility index (Phi) is 4.76. The fraction of sp³-hybridized carbons (Fsp3) is 0.571. The third-order valence-electron chi connectivity index (χ3n) is 6.44. The summed E-state index contributed by atoms with van der Waals surface area (Å²) in [5.41, 5.74) is 1.86. The van der Waals surface area contributed by atoms with E-state index < -0.39 is 29.5 Å². The van der Waals surface area contributed by atoms with Crippen LogP contribution in [0.1, 0.15) is 30.0 Å². The predicted octanol–water partition coefficient (Wildman–Crippen LogP) is 0.441. The average molecular weight is 401 g/mol. The van der Waals surface area contributed by atoms with Crippen molar-refractivity contribution in [1.29, 1.82) is 0 Å². The number of aliphatic hydroxyl groups is 1. The molecule has 3 amide bonds. The maximum absolute atomic E-state index is 13.4. The molecule has 4 rings (SSSR count). The number of ether oxygens (including phenoxy) is 1. The third-order valence-corrected chi connectivity index (χ3v) is 6.44. The Morgan fingerprint density at radius 3 is 2.62 bits per heavy atom. The van der Waals surface area contributed by atoms with E-state index in [1.165, 1.54) is 4.90 Å². The molecule has 0 unspecified atom stereocenters. The number of methoxy groups -OCH3 is 1. The second-order valence-corrected chi connectivity index (χ2v) is 8.36. The van der Waals surface area contributed by atoms with Crippen molar-refractivity contribution in [3.05, 3.63) is 28.8 Å². The maximum atomic E-state index is 13.4. The number of carbonyl (C=O) groups is 3. The first-order valence-corrected chi connectivity index (χ1v) is 9.97. The molecule has 29 heavy (non-hydrogen) atoms. The number of rotatable bonds is 5. The Hall–Kier alpha value is -2.29. The van der Waals surface area contributed by atoms with Gasteiger partial charge in [0.25, 0.3) is 0 Å². The first-order valence-electron chi connectivity index (χ1n) is 9.97. The molecule has 0 aromatic heterocycles. The number of carbonyl (C=O) groups excluding carboxylic acids is 3. The number of nitrogens with one attached hydrogen (secondary N) is 2. The Labute approximate surface area is 169 Å². The molecule has 0 aliphatic carbocycles. The van der Waals surface area contributed by atoms with Crippen molar-refractivity contribution in [3.63, 3.8) is 0 Å². The number of aryl methyl sites for hydroxylation is 2. The number of hydrogen-bond acceptors (Lipinski definition) is 6. The van der Waals surface area contributed by atoms with E-state index in [1.807, 2.05) is 26.0 Å². The van der Waals surface area contributed by atoms with E-state index >= 15 is 0 Å². The van der Waals surface area contributed by atoms with E-state index in [1.54, 1.807) is 14.0 Å². The highest BCUT2D eigenvalue weighted by molar-refractivity contribution is 6.15. The molecule has 2 saturated heterocycles. The van der Waals surface area contributed by atoms with Crippen molar-refractivity contribution >= 4 is 23.4 Å². The van der Waals surface area contributed by atoms with Gasteiger partial charge in [-0.3, -0.25) is 24.6 Å². The van der Waals surface area contributed by atoms with Crippen LogP contribution in [0.4, 0.5) is 5.69 Å². The number of nitrogens with zero attached hydrogens (tertiary/aromatic N) is 1. The molecule has 3 aliphatic heterocycles. The summed E-state index contributed by atoms with van der Waals surface area (Å²) >= 11 is 0. The average Bonchev–Trinajstić information content (AvgIpc) is 3.24. The van der Waals surface area contributed by atoms with Crippen LogP contribution in [0, 0.1) is 25.7 Å². The molecule has 2 fully saturated rings. The summed E-state index contributed by atoms with van der Waals surface area (Å²) in [6.07, 6.45) is -0.380. The fourth-order valence-electron chi connectivity index (χ4n) is 5.25. The zero-order valence-corrected chi connectivity index (χ0v) is 17.1. The van der Waals surface area contributed by atoms with E-state index in [0.717, 1.165) is 11.1 Å². The minimum atomic E-state index is -1.36.